The predicted molar refractivity (Wildman–Crippen MR) is 136 cm³/mol. The summed E-state index contributed by atoms with van der Waals surface area (Å²) in [5.41, 5.74) is 1.11. The van der Waals surface area contributed by atoms with Gasteiger partial charge in [0.25, 0.3) is 0 Å². The van der Waals surface area contributed by atoms with Gasteiger partial charge in [-0.1, -0.05) is 25.5 Å². The van der Waals surface area contributed by atoms with Gasteiger partial charge in [0.2, 0.25) is 5.91 Å². The third kappa shape index (κ3) is 9.40. The van der Waals surface area contributed by atoms with Gasteiger partial charge >= 0.3 is 0 Å². The van der Waals surface area contributed by atoms with Crippen LogP contribution in [-0.2, 0) is 11.2 Å². The first-order chi connectivity index (χ1) is 16.9. The minimum Gasteiger partial charge on any atom is -0.497 e. The number of likely N-dealkylation sites (tertiary alicyclic amines) is 1. The molecule has 0 saturated carbocycles. The number of hydrogen-bond acceptors (Lipinski definition) is 5. The summed E-state index contributed by atoms with van der Waals surface area (Å²) in [6, 6.07) is 15.2. The summed E-state index contributed by atoms with van der Waals surface area (Å²) in [6.45, 7) is 6.27. The van der Waals surface area contributed by atoms with Gasteiger partial charge in [0, 0.05) is 25.7 Å². The summed E-state index contributed by atoms with van der Waals surface area (Å²) >= 11 is 0. The number of amides is 1. The first-order valence-corrected chi connectivity index (χ1v) is 12.6. The van der Waals surface area contributed by atoms with Crippen molar-refractivity contribution in [2.75, 3.05) is 33.4 Å². The van der Waals surface area contributed by atoms with Crippen molar-refractivity contribution in [3.8, 4) is 17.2 Å². The third-order valence-corrected chi connectivity index (χ3v) is 6.15. The van der Waals surface area contributed by atoms with Crippen molar-refractivity contribution in [2.24, 2.45) is 0 Å². The summed E-state index contributed by atoms with van der Waals surface area (Å²) in [7, 11) is 1.61. The van der Waals surface area contributed by atoms with Crippen LogP contribution in [0.1, 0.15) is 45.1 Å². The van der Waals surface area contributed by atoms with Gasteiger partial charge in [-0.05, 0) is 68.1 Å². The van der Waals surface area contributed by atoms with Crippen LogP contribution in [0.25, 0.3) is 0 Å². The van der Waals surface area contributed by atoms with E-state index in [1.807, 2.05) is 48.5 Å². The average molecular weight is 487 g/mol. The van der Waals surface area contributed by atoms with Gasteiger partial charge in [0.15, 0.2) is 0 Å². The number of rotatable bonds is 14. The van der Waals surface area contributed by atoms with Crippen molar-refractivity contribution < 1.29 is 23.4 Å². The lowest BCUT2D eigenvalue weighted by molar-refractivity contribution is -0.122. The molecule has 1 heterocycles. The van der Waals surface area contributed by atoms with Gasteiger partial charge in [-0.25, -0.2) is 4.39 Å². The molecule has 7 heteroatoms. The fourth-order valence-electron chi connectivity index (χ4n) is 4.34. The molecule has 2 aromatic carbocycles. The highest BCUT2D eigenvalue weighted by atomic mass is 19.1. The van der Waals surface area contributed by atoms with Gasteiger partial charge in [-0.15, -0.1) is 0 Å². The molecule has 0 aromatic heterocycles. The normalized spacial score (nSPS) is 17.5. The monoisotopic (exact) mass is 486 g/mol. The second-order valence-corrected chi connectivity index (χ2v) is 9.25. The van der Waals surface area contributed by atoms with Gasteiger partial charge in [-0.3, -0.25) is 9.69 Å². The van der Waals surface area contributed by atoms with Crippen LogP contribution >= 0.6 is 0 Å². The number of methoxy groups -OCH3 is 1. The van der Waals surface area contributed by atoms with E-state index in [2.05, 4.69) is 24.1 Å². The largest absolute Gasteiger partial charge is 0.497 e. The van der Waals surface area contributed by atoms with Crippen LogP contribution < -0.4 is 19.5 Å². The maximum absolute atomic E-state index is 13.7. The van der Waals surface area contributed by atoms with E-state index in [1.165, 1.54) is 0 Å². The highest BCUT2D eigenvalue weighted by Crippen LogP contribution is 2.19. The number of benzene rings is 2. The van der Waals surface area contributed by atoms with Crippen molar-refractivity contribution in [1.29, 1.82) is 0 Å². The molecular weight excluding hydrogens is 447 g/mol. The highest BCUT2D eigenvalue weighted by molar-refractivity contribution is 5.76. The average Bonchev–Trinajstić information content (AvgIpc) is 3.25. The molecule has 1 amide bonds. The Morgan fingerprint density at radius 1 is 1.11 bits per heavy atom. The third-order valence-electron chi connectivity index (χ3n) is 6.15. The molecule has 2 aromatic rings. The summed E-state index contributed by atoms with van der Waals surface area (Å²) in [6.07, 6.45) is 2.97. The number of carbonyl (C=O) groups is 1. The SMILES string of the molecule is CCCC(C)Oc1ccc(CC(CN2CCC(F)C2)NC(=O)CCOc2ccc(OC)cc2)cc1. The fraction of sp³-hybridized carbons (Fsp3) is 0.536. The highest BCUT2D eigenvalue weighted by Gasteiger charge is 2.25. The van der Waals surface area contributed by atoms with E-state index in [4.69, 9.17) is 14.2 Å². The zero-order chi connectivity index (χ0) is 25.0. The summed E-state index contributed by atoms with van der Waals surface area (Å²) in [4.78, 5) is 14.8. The molecule has 3 rings (SSSR count). The minimum atomic E-state index is -0.786. The maximum atomic E-state index is 13.7. The Labute approximate surface area is 208 Å². The van der Waals surface area contributed by atoms with Crippen LogP contribution in [-0.4, -0.2) is 62.5 Å². The number of hydrogen-bond donors (Lipinski definition) is 1. The molecule has 192 valence electrons. The number of halogens is 1. The van der Waals surface area contributed by atoms with E-state index in [1.54, 1.807) is 7.11 Å². The van der Waals surface area contributed by atoms with Crippen molar-refractivity contribution in [3.05, 3.63) is 54.1 Å². The van der Waals surface area contributed by atoms with Gasteiger partial charge in [0.05, 0.1) is 26.2 Å². The number of alkyl halides is 1. The Kier molecular flexibility index (Phi) is 10.7. The number of carbonyl (C=O) groups excluding carboxylic acids is 1. The smallest absolute Gasteiger partial charge is 0.223 e. The number of nitrogens with zero attached hydrogens (tertiary/aromatic N) is 1. The lowest BCUT2D eigenvalue weighted by Gasteiger charge is -2.25. The van der Waals surface area contributed by atoms with Crippen LogP contribution in [0.15, 0.2) is 48.5 Å². The maximum Gasteiger partial charge on any atom is 0.223 e. The molecule has 6 nitrogen and oxygen atoms in total. The zero-order valence-corrected chi connectivity index (χ0v) is 21.2. The van der Waals surface area contributed by atoms with Gasteiger partial charge in [0.1, 0.15) is 23.4 Å². The molecular formula is C28H39FN2O4. The molecule has 3 atom stereocenters. The standard InChI is InChI=1S/C28H39FN2O4/c1-4-5-21(2)35-27-8-6-22(7-9-27)18-24(20-31-16-14-23(29)19-31)30-28(32)15-17-34-26-12-10-25(33-3)11-13-26/h6-13,21,23-24H,4-5,14-20H2,1-3H3,(H,30,32). The lowest BCUT2D eigenvalue weighted by Crippen LogP contribution is -2.45. The number of nitrogens with one attached hydrogen (secondary N) is 1. The molecule has 0 radical (unpaired) electrons. The molecule has 0 aliphatic carbocycles. The molecule has 35 heavy (non-hydrogen) atoms. The summed E-state index contributed by atoms with van der Waals surface area (Å²) in [5.74, 6) is 2.22. The molecule has 1 aliphatic rings. The molecule has 1 saturated heterocycles. The summed E-state index contributed by atoms with van der Waals surface area (Å²) < 4.78 is 30.5. The first-order valence-electron chi connectivity index (χ1n) is 12.6. The van der Waals surface area contributed by atoms with Crippen molar-refractivity contribution in [3.63, 3.8) is 0 Å². The quantitative estimate of drug-likeness (QED) is 0.416. The fourth-order valence-corrected chi connectivity index (χ4v) is 4.34. The van der Waals surface area contributed by atoms with Crippen molar-refractivity contribution in [1.82, 2.24) is 10.2 Å². The topological polar surface area (TPSA) is 60.0 Å². The van der Waals surface area contributed by atoms with E-state index in [-0.39, 0.29) is 31.1 Å². The molecule has 3 unspecified atom stereocenters. The first kappa shape index (κ1) is 26.8. The summed E-state index contributed by atoms with van der Waals surface area (Å²) in [5, 5.41) is 3.14. The van der Waals surface area contributed by atoms with Gasteiger partial charge in [-0.2, -0.15) is 0 Å². The van der Waals surface area contributed by atoms with E-state index in [0.29, 0.717) is 31.7 Å². The van der Waals surface area contributed by atoms with Crippen LogP contribution in [0.4, 0.5) is 4.39 Å². The second-order valence-electron chi connectivity index (χ2n) is 9.25. The molecule has 0 spiro atoms. The van der Waals surface area contributed by atoms with E-state index < -0.39 is 6.17 Å². The zero-order valence-electron chi connectivity index (χ0n) is 21.2. The van der Waals surface area contributed by atoms with Gasteiger partial charge < -0.3 is 19.5 Å². The van der Waals surface area contributed by atoms with E-state index in [9.17, 15) is 9.18 Å². The van der Waals surface area contributed by atoms with Crippen LogP contribution in [0.3, 0.4) is 0 Å². The molecule has 0 bridgehead atoms. The van der Waals surface area contributed by atoms with Crippen molar-refractivity contribution in [2.45, 2.75) is 64.3 Å². The van der Waals surface area contributed by atoms with Crippen LogP contribution in [0.5, 0.6) is 17.2 Å². The predicted octanol–water partition coefficient (Wildman–Crippen LogP) is 4.80. The molecule has 1 fully saturated rings. The molecule has 1 aliphatic heterocycles. The Hall–Kier alpha value is -2.80. The molecule has 1 N–H and O–H groups in total. The lowest BCUT2D eigenvalue weighted by atomic mass is 10.0. The minimum absolute atomic E-state index is 0.0761. The Balaban J connectivity index is 1.53. The van der Waals surface area contributed by atoms with Crippen LogP contribution in [0.2, 0.25) is 0 Å². The number of ether oxygens (including phenoxy) is 3. The Morgan fingerprint density at radius 2 is 1.80 bits per heavy atom. The van der Waals surface area contributed by atoms with Crippen LogP contribution in [0, 0.1) is 0 Å². The Morgan fingerprint density at radius 3 is 2.43 bits per heavy atom. The van der Waals surface area contributed by atoms with E-state index in [0.717, 1.165) is 36.4 Å². The second kappa shape index (κ2) is 13.9. The Bertz CT molecular complexity index is 891. The van der Waals surface area contributed by atoms with E-state index >= 15 is 0 Å². The van der Waals surface area contributed by atoms with Crippen molar-refractivity contribution >= 4 is 5.91 Å².